The second-order valence-corrected chi connectivity index (χ2v) is 8.43. The summed E-state index contributed by atoms with van der Waals surface area (Å²) in [5.74, 6) is 1.82. The molecule has 1 unspecified atom stereocenters. The van der Waals surface area contributed by atoms with Crippen molar-refractivity contribution in [2.75, 3.05) is 13.1 Å². The molecule has 0 spiro atoms. The Hall–Kier alpha value is -0.770. The van der Waals surface area contributed by atoms with E-state index in [1.807, 2.05) is 25.7 Å². The Kier molecular flexibility index (Phi) is 4.67. The minimum Gasteiger partial charge on any atom is -0.444 e. The van der Waals surface area contributed by atoms with Gasteiger partial charge in [0.15, 0.2) is 0 Å². The van der Waals surface area contributed by atoms with Crippen LogP contribution in [0.15, 0.2) is 0 Å². The zero-order chi connectivity index (χ0) is 15.7. The fraction of sp³-hybridized carbons (Fsp3) is 0.944. The van der Waals surface area contributed by atoms with E-state index in [-0.39, 0.29) is 6.09 Å². The van der Waals surface area contributed by atoms with Gasteiger partial charge in [-0.1, -0.05) is 0 Å². The number of nitrogens with zero attached hydrogens (tertiary/aromatic N) is 1. The molecule has 3 rings (SSSR count). The molecule has 3 aliphatic rings. The highest BCUT2D eigenvalue weighted by molar-refractivity contribution is 5.68. The molecule has 4 nitrogen and oxygen atoms in total. The van der Waals surface area contributed by atoms with Crippen molar-refractivity contribution in [1.29, 1.82) is 0 Å². The molecule has 1 N–H and O–H groups in total. The lowest BCUT2D eigenvalue weighted by Gasteiger charge is -2.37. The summed E-state index contributed by atoms with van der Waals surface area (Å²) in [6.07, 6.45) is 8.89. The number of nitrogens with one attached hydrogen (secondary N) is 1. The maximum absolute atomic E-state index is 12.4. The van der Waals surface area contributed by atoms with Gasteiger partial charge >= 0.3 is 6.09 Å². The van der Waals surface area contributed by atoms with Gasteiger partial charge in [-0.2, -0.15) is 0 Å². The van der Waals surface area contributed by atoms with E-state index < -0.39 is 5.60 Å². The average Bonchev–Trinajstić information content (AvgIpc) is 3.31. The first-order valence-electron chi connectivity index (χ1n) is 9.17. The quantitative estimate of drug-likeness (QED) is 0.844. The smallest absolute Gasteiger partial charge is 0.410 e. The first-order valence-corrected chi connectivity index (χ1v) is 9.17. The Labute approximate surface area is 135 Å². The fourth-order valence-electron chi connectivity index (χ4n) is 3.67. The van der Waals surface area contributed by atoms with Gasteiger partial charge in [-0.25, -0.2) is 4.79 Å². The zero-order valence-electron chi connectivity index (χ0n) is 14.4. The third kappa shape index (κ3) is 4.37. The lowest BCUT2D eigenvalue weighted by atomic mass is 10.0. The van der Waals surface area contributed by atoms with E-state index in [9.17, 15) is 4.79 Å². The molecule has 1 amide bonds. The SMILES string of the molecule is CC(C)(C)OC(=O)N1CCCCC1CNC(C1CC1)C1CC1. The molecule has 1 aliphatic heterocycles. The molecule has 0 radical (unpaired) electrons. The summed E-state index contributed by atoms with van der Waals surface area (Å²) in [7, 11) is 0. The zero-order valence-corrected chi connectivity index (χ0v) is 14.4. The van der Waals surface area contributed by atoms with Crippen molar-refractivity contribution in [3.8, 4) is 0 Å². The summed E-state index contributed by atoms with van der Waals surface area (Å²) in [4.78, 5) is 14.4. The molecule has 0 aromatic heterocycles. The number of carbonyl (C=O) groups is 1. The minimum absolute atomic E-state index is 0.131. The molecule has 0 aromatic carbocycles. The molecule has 1 atom stereocenters. The maximum Gasteiger partial charge on any atom is 0.410 e. The number of rotatable bonds is 5. The molecule has 126 valence electrons. The van der Waals surface area contributed by atoms with Crippen molar-refractivity contribution in [2.45, 2.75) is 83.4 Å². The third-order valence-corrected chi connectivity index (χ3v) is 5.10. The first kappa shape index (κ1) is 16.1. The van der Waals surface area contributed by atoms with E-state index in [0.717, 1.165) is 37.8 Å². The molecule has 0 aromatic rings. The van der Waals surface area contributed by atoms with Crippen LogP contribution in [0, 0.1) is 11.8 Å². The predicted molar refractivity (Wildman–Crippen MR) is 87.8 cm³/mol. The van der Waals surface area contributed by atoms with Gasteiger partial charge in [0, 0.05) is 25.2 Å². The van der Waals surface area contributed by atoms with Crippen molar-refractivity contribution in [1.82, 2.24) is 10.2 Å². The predicted octanol–water partition coefficient (Wildman–Crippen LogP) is 3.55. The standard InChI is InChI=1S/C18H32N2O2/c1-18(2,3)22-17(21)20-11-5-4-6-15(20)12-19-16(13-7-8-13)14-9-10-14/h13-16,19H,4-12H2,1-3H3. The molecule has 2 saturated carbocycles. The summed E-state index contributed by atoms with van der Waals surface area (Å²) in [5.41, 5.74) is -0.406. The van der Waals surface area contributed by atoms with Crippen LogP contribution in [0.5, 0.6) is 0 Å². The van der Waals surface area contributed by atoms with Crippen LogP contribution < -0.4 is 5.32 Å². The Bertz CT molecular complexity index is 384. The highest BCUT2D eigenvalue weighted by atomic mass is 16.6. The van der Waals surface area contributed by atoms with Crippen LogP contribution in [0.3, 0.4) is 0 Å². The Morgan fingerprint density at radius 1 is 1.14 bits per heavy atom. The number of hydrogen-bond acceptors (Lipinski definition) is 3. The van der Waals surface area contributed by atoms with Crippen LogP contribution in [-0.2, 0) is 4.74 Å². The topological polar surface area (TPSA) is 41.6 Å². The number of hydrogen-bond donors (Lipinski definition) is 1. The summed E-state index contributed by atoms with van der Waals surface area (Å²) < 4.78 is 5.59. The maximum atomic E-state index is 12.4. The molecule has 2 aliphatic carbocycles. The summed E-state index contributed by atoms with van der Waals surface area (Å²) >= 11 is 0. The van der Waals surface area contributed by atoms with E-state index in [2.05, 4.69) is 5.32 Å². The summed E-state index contributed by atoms with van der Waals surface area (Å²) in [6.45, 7) is 7.62. The van der Waals surface area contributed by atoms with E-state index in [1.165, 1.54) is 32.1 Å². The molecule has 1 heterocycles. The molecule has 0 bridgehead atoms. The third-order valence-electron chi connectivity index (χ3n) is 5.10. The average molecular weight is 308 g/mol. The lowest BCUT2D eigenvalue weighted by Crippen LogP contribution is -2.51. The molecular formula is C18H32N2O2. The van der Waals surface area contributed by atoms with Gasteiger partial charge < -0.3 is 15.0 Å². The van der Waals surface area contributed by atoms with Gasteiger partial charge in [-0.05, 0) is 77.6 Å². The highest BCUT2D eigenvalue weighted by Crippen LogP contribution is 2.44. The summed E-state index contributed by atoms with van der Waals surface area (Å²) in [5, 5.41) is 3.81. The van der Waals surface area contributed by atoms with E-state index >= 15 is 0 Å². The van der Waals surface area contributed by atoms with Crippen molar-refractivity contribution >= 4 is 6.09 Å². The molecule has 3 fully saturated rings. The fourth-order valence-corrected chi connectivity index (χ4v) is 3.67. The van der Waals surface area contributed by atoms with Crippen molar-refractivity contribution in [3.05, 3.63) is 0 Å². The second-order valence-electron chi connectivity index (χ2n) is 8.43. The first-order chi connectivity index (χ1) is 10.4. The molecule has 4 heteroatoms. The Morgan fingerprint density at radius 2 is 1.77 bits per heavy atom. The van der Waals surface area contributed by atoms with E-state index in [4.69, 9.17) is 4.74 Å². The normalized spacial score (nSPS) is 26.4. The molecular weight excluding hydrogens is 276 g/mol. The molecule has 22 heavy (non-hydrogen) atoms. The van der Waals surface area contributed by atoms with Crippen LogP contribution >= 0.6 is 0 Å². The number of likely N-dealkylation sites (tertiary alicyclic amines) is 1. The number of carbonyl (C=O) groups excluding carboxylic acids is 1. The van der Waals surface area contributed by atoms with Crippen LogP contribution in [0.1, 0.15) is 65.7 Å². The van der Waals surface area contributed by atoms with Gasteiger partial charge in [-0.3, -0.25) is 0 Å². The Morgan fingerprint density at radius 3 is 2.32 bits per heavy atom. The van der Waals surface area contributed by atoms with Gasteiger partial charge in [-0.15, -0.1) is 0 Å². The van der Waals surface area contributed by atoms with E-state index in [0.29, 0.717) is 12.1 Å². The van der Waals surface area contributed by atoms with Gasteiger partial charge in [0.05, 0.1) is 0 Å². The van der Waals surface area contributed by atoms with Crippen molar-refractivity contribution in [2.24, 2.45) is 11.8 Å². The number of piperidine rings is 1. The number of ether oxygens (including phenoxy) is 1. The van der Waals surface area contributed by atoms with Gasteiger partial charge in [0.2, 0.25) is 0 Å². The van der Waals surface area contributed by atoms with Crippen molar-refractivity contribution in [3.63, 3.8) is 0 Å². The van der Waals surface area contributed by atoms with Gasteiger partial charge in [0.1, 0.15) is 5.60 Å². The van der Waals surface area contributed by atoms with Crippen molar-refractivity contribution < 1.29 is 9.53 Å². The molecule has 1 saturated heterocycles. The summed E-state index contributed by atoms with van der Waals surface area (Å²) in [6, 6.07) is 1.02. The number of amides is 1. The van der Waals surface area contributed by atoms with Crippen LogP contribution in [0.25, 0.3) is 0 Å². The van der Waals surface area contributed by atoms with Gasteiger partial charge in [0.25, 0.3) is 0 Å². The monoisotopic (exact) mass is 308 g/mol. The Balaban J connectivity index is 1.53. The van der Waals surface area contributed by atoms with E-state index in [1.54, 1.807) is 0 Å². The minimum atomic E-state index is -0.406. The highest BCUT2D eigenvalue weighted by Gasteiger charge is 2.41. The largest absolute Gasteiger partial charge is 0.444 e. The second kappa shape index (κ2) is 6.38. The lowest BCUT2D eigenvalue weighted by molar-refractivity contribution is 0.00950. The van der Waals surface area contributed by atoms with Crippen LogP contribution in [-0.4, -0.2) is 41.8 Å². The van der Waals surface area contributed by atoms with Crippen LogP contribution in [0.2, 0.25) is 0 Å². The van der Waals surface area contributed by atoms with Crippen LogP contribution in [0.4, 0.5) is 4.79 Å².